The van der Waals surface area contributed by atoms with Gasteiger partial charge in [-0.2, -0.15) is 5.10 Å². The van der Waals surface area contributed by atoms with E-state index in [-0.39, 0.29) is 0 Å². The average molecular weight is 337 g/mol. The van der Waals surface area contributed by atoms with Crippen LogP contribution >= 0.6 is 23.2 Å². The Morgan fingerprint density at radius 3 is 2.64 bits per heavy atom. The van der Waals surface area contributed by atoms with Crippen molar-refractivity contribution in [2.24, 2.45) is 0 Å². The van der Waals surface area contributed by atoms with Crippen molar-refractivity contribution in [3.63, 3.8) is 0 Å². The summed E-state index contributed by atoms with van der Waals surface area (Å²) in [7, 11) is 0. The van der Waals surface area contributed by atoms with Crippen molar-refractivity contribution in [2.75, 3.05) is 0 Å². The summed E-state index contributed by atoms with van der Waals surface area (Å²) in [5.74, 6) is 1.09. The number of aromatic amines is 1. The van der Waals surface area contributed by atoms with Crippen LogP contribution in [0.3, 0.4) is 0 Å². The van der Waals surface area contributed by atoms with Crippen LogP contribution in [-0.4, -0.2) is 20.0 Å². The SMILES string of the molecule is CCc1c(Oc2cc(Cl)cc(Cl)c2)n[nH]c1Cn1cccn1. The number of nitrogens with one attached hydrogen (secondary N) is 1. The van der Waals surface area contributed by atoms with Crippen LogP contribution < -0.4 is 4.74 Å². The van der Waals surface area contributed by atoms with Gasteiger partial charge in [-0.15, -0.1) is 5.10 Å². The van der Waals surface area contributed by atoms with Gasteiger partial charge in [-0.05, 0) is 30.7 Å². The minimum absolute atomic E-state index is 0.521. The highest BCUT2D eigenvalue weighted by atomic mass is 35.5. The summed E-state index contributed by atoms with van der Waals surface area (Å²) < 4.78 is 7.65. The Morgan fingerprint density at radius 1 is 1.23 bits per heavy atom. The normalized spacial score (nSPS) is 10.9. The molecular weight excluding hydrogens is 323 g/mol. The van der Waals surface area contributed by atoms with E-state index in [0.717, 1.165) is 17.7 Å². The van der Waals surface area contributed by atoms with Crippen LogP contribution in [-0.2, 0) is 13.0 Å². The zero-order valence-electron chi connectivity index (χ0n) is 11.9. The molecule has 22 heavy (non-hydrogen) atoms. The van der Waals surface area contributed by atoms with Gasteiger partial charge in [0.25, 0.3) is 0 Å². The molecule has 114 valence electrons. The van der Waals surface area contributed by atoms with Crippen LogP contribution in [0.1, 0.15) is 18.2 Å². The first kappa shape index (κ1) is 14.9. The second-order valence-electron chi connectivity index (χ2n) is 4.75. The Kier molecular flexibility index (Phi) is 4.36. The van der Waals surface area contributed by atoms with Gasteiger partial charge in [0.2, 0.25) is 5.88 Å². The fourth-order valence-corrected chi connectivity index (χ4v) is 2.72. The smallest absolute Gasteiger partial charge is 0.241 e. The standard InChI is InChI=1S/C15H14Cl2N4O/c1-2-13-14(9-21-5-3-4-18-21)19-20-15(13)22-12-7-10(16)6-11(17)8-12/h3-8H,2,9H2,1H3,(H,19,20). The summed E-state index contributed by atoms with van der Waals surface area (Å²) in [6, 6.07) is 6.95. The molecule has 2 aromatic heterocycles. The largest absolute Gasteiger partial charge is 0.437 e. The molecule has 0 amide bonds. The molecule has 0 saturated heterocycles. The molecule has 0 unspecified atom stereocenters. The molecule has 1 N–H and O–H groups in total. The molecule has 7 heteroatoms. The molecule has 3 rings (SSSR count). The third-order valence-electron chi connectivity index (χ3n) is 3.20. The molecule has 0 aliphatic carbocycles. The molecule has 5 nitrogen and oxygen atoms in total. The van der Waals surface area contributed by atoms with E-state index in [1.54, 1.807) is 24.4 Å². The third-order valence-corrected chi connectivity index (χ3v) is 3.63. The summed E-state index contributed by atoms with van der Waals surface area (Å²) in [5.41, 5.74) is 1.97. The summed E-state index contributed by atoms with van der Waals surface area (Å²) in [4.78, 5) is 0. The van der Waals surface area contributed by atoms with Gasteiger partial charge in [-0.25, -0.2) is 0 Å². The number of halogens is 2. The number of hydrogen-bond acceptors (Lipinski definition) is 3. The molecule has 0 bridgehead atoms. The fraction of sp³-hybridized carbons (Fsp3) is 0.200. The maximum Gasteiger partial charge on any atom is 0.241 e. The van der Waals surface area contributed by atoms with Crippen molar-refractivity contribution in [1.82, 2.24) is 20.0 Å². The zero-order chi connectivity index (χ0) is 15.5. The molecular formula is C15H14Cl2N4O. The first-order valence-corrected chi connectivity index (χ1v) is 7.58. The topological polar surface area (TPSA) is 55.7 Å². The highest BCUT2D eigenvalue weighted by Gasteiger charge is 2.14. The Balaban J connectivity index is 1.86. The van der Waals surface area contributed by atoms with Gasteiger partial charge in [0.15, 0.2) is 0 Å². The Hall–Kier alpha value is -1.98. The number of nitrogens with zero attached hydrogens (tertiary/aromatic N) is 3. The van der Waals surface area contributed by atoms with Gasteiger partial charge in [0.05, 0.1) is 12.2 Å². The van der Waals surface area contributed by atoms with E-state index in [1.165, 1.54) is 0 Å². The van der Waals surface area contributed by atoms with Gasteiger partial charge in [0.1, 0.15) is 5.75 Å². The van der Waals surface area contributed by atoms with E-state index in [2.05, 4.69) is 22.2 Å². The number of benzene rings is 1. The molecule has 0 aliphatic heterocycles. The fourth-order valence-electron chi connectivity index (χ4n) is 2.22. The molecule has 0 saturated carbocycles. The molecule has 0 spiro atoms. The Labute approximate surface area is 137 Å². The lowest BCUT2D eigenvalue weighted by Crippen LogP contribution is -2.02. The van der Waals surface area contributed by atoms with Gasteiger partial charge >= 0.3 is 0 Å². The van der Waals surface area contributed by atoms with Gasteiger partial charge in [-0.3, -0.25) is 9.78 Å². The van der Waals surface area contributed by atoms with Crippen LogP contribution in [0.4, 0.5) is 0 Å². The number of aromatic nitrogens is 4. The van der Waals surface area contributed by atoms with Crippen LogP contribution in [0.25, 0.3) is 0 Å². The first-order chi connectivity index (χ1) is 10.7. The van der Waals surface area contributed by atoms with Crippen LogP contribution in [0.15, 0.2) is 36.7 Å². The van der Waals surface area contributed by atoms with Crippen molar-refractivity contribution < 1.29 is 4.74 Å². The van der Waals surface area contributed by atoms with Crippen molar-refractivity contribution >= 4 is 23.2 Å². The van der Waals surface area contributed by atoms with Gasteiger partial charge < -0.3 is 4.74 Å². The molecule has 0 fully saturated rings. The predicted molar refractivity (Wildman–Crippen MR) is 85.8 cm³/mol. The molecule has 0 aliphatic rings. The number of ether oxygens (including phenoxy) is 1. The second-order valence-corrected chi connectivity index (χ2v) is 5.62. The van der Waals surface area contributed by atoms with Gasteiger partial charge in [-0.1, -0.05) is 30.1 Å². The van der Waals surface area contributed by atoms with Gasteiger partial charge in [0, 0.05) is 28.0 Å². The molecule has 0 atom stereocenters. The van der Waals surface area contributed by atoms with E-state index in [0.29, 0.717) is 28.2 Å². The number of rotatable bonds is 5. The highest BCUT2D eigenvalue weighted by molar-refractivity contribution is 6.34. The van der Waals surface area contributed by atoms with E-state index in [9.17, 15) is 0 Å². The maximum atomic E-state index is 5.99. The predicted octanol–water partition coefficient (Wildman–Crippen LogP) is 4.32. The zero-order valence-corrected chi connectivity index (χ0v) is 13.4. The third kappa shape index (κ3) is 3.26. The summed E-state index contributed by atoms with van der Waals surface area (Å²) in [5, 5.41) is 12.5. The lowest BCUT2D eigenvalue weighted by molar-refractivity contribution is 0.456. The van der Waals surface area contributed by atoms with E-state index < -0.39 is 0 Å². The summed E-state index contributed by atoms with van der Waals surface area (Å²) in [6.45, 7) is 2.66. The quantitative estimate of drug-likeness (QED) is 0.754. The van der Waals surface area contributed by atoms with Crippen molar-refractivity contribution in [2.45, 2.75) is 19.9 Å². The van der Waals surface area contributed by atoms with Crippen LogP contribution in [0.2, 0.25) is 10.0 Å². The Bertz CT molecular complexity index is 748. The number of hydrogen-bond donors (Lipinski definition) is 1. The summed E-state index contributed by atoms with van der Waals surface area (Å²) in [6.07, 6.45) is 4.43. The lowest BCUT2D eigenvalue weighted by atomic mass is 10.2. The molecule has 2 heterocycles. The number of H-pyrrole nitrogens is 1. The monoisotopic (exact) mass is 336 g/mol. The van der Waals surface area contributed by atoms with E-state index >= 15 is 0 Å². The highest BCUT2D eigenvalue weighted by Crippen LogP contribution is 2.30. The average Bonchev–Trinajstić information content (AvgIpc) is 3.08. The molecule has 1 aromatic carbocycles. The molecule has 0 radical (unpaired) electrons. The van der Waals surface area contributed by atoms with Crippen molar-refractivity contribution in [1.29, 1.82) is 0 Å². The van der Waals surface area contributed by atoms with Crippen LogP contribution in [0.5, 0.6) is 11.6 Å². The minimum atomic E-state index is 0.521. The second kappa shape index (κ2) is 6.42. The maximum absolute atomic E-state index is 5.99. The Morgan fingerprint density at radius 2 is 2.00 bits per heavy atom. The van der Waals surface area contributed by atoms with E-state index in [4.69, 9.17) is 27.9 Å². The van der Waals surface area contributed by atoms with Crippen LogP contribution in [0, 0.1) is 0 Å². The van der Waals surface area contributed by atoms with E-state index in [1.807, 2.05) is 16.9 Å². The van der Waals surface area contributed by atoms with Crippen molar-refractivity contribution in [3.05, 3.63) is 58.0 Å². The lowest BCUT2D eigenvalue weighted by Gasteiger charge is -2.06. The minimum Gasteiger partial charge on any atom is -0.437 e. The summed E-state index contributed by atoms with van der Waals surface area (Å²) >= 11 is 12.0. The first-order valence-electron chi connectivity index (χ1n) is 6.83. The van der Waals surface area contributed by atoms with Crippen molar-refractivity contribution in [3.8, 4) is 11.6 Å². The molecule has 3 aromatic rings.